The predicted molar refractivity (Wildman–Crippen MR) is 73.1 cm³/mol. The fourth-order valence-corrected chi connectivity index (χ4v) is 1.82. The zero-order valence-corrected chi connectivity index (χ0v) is 12.3. The number of anilines is 1. The number of aromatic nitrogens is 2. The second-order valence-corrected chi connectivity index (χ2v) is 4.88. The second-order valence-electron chi connectivity index (χ2n) is 4.88. The van der Waals surface area contributed by atoms with Crippen LogP contribution in [0.15, 0.2) is 6.07 Å². The van der Waals surface area contributed by atoms with Gasteiger partial charge in [0, 0.05) is 19.7 Å². The van der Waals surface area contributed by atoms with Crippen LogP contribution in [0.1, 0.15) is 12.1 Å². The second kappa shape index (κ2) is 7.30. The van der Waals surface area contributed by atoms with Crippen molar-refractivity contribution in [3.05, 3.63) is 11.8 Å². The van der Waals surface area contributed by atoms with Crippen LogP contribution in [0.4, 0.5) is 23.8 Å². The lowest BCUT2D eigenvalue weighted by Crippen LogP contribution is -2.35. The van der Waals surface area contributed by atoms with Crippen molar-refractivity contribution < 1.29 is 18.0 Å². The first-order chi connectivity index (χ1) is 9.67. The number of alkyl halides is 3. The molecule has 0 radical (unpaired) electrons. The van der Waals surface area contributed by atoms with Gasteiger partial charge in [0.15, 0.2) is 0 Å². The number of hydrogen-bond acceptors (Lipinski definition) is 3. The zero-order chi connectivity index (χ0) is 16.0. The molecule has 0 atom stereocenters. The molecular weight excluding hydrogens is 287 g/mol. The van der Waals surface area contributed by atoms with Crippen molar-refractivity contribution in [2.45, 2.75) is 19.5 Å². The zero-order valence-electron chi connectivity index (χ0n) is 12.3. The summed E-state index contributed by atoms with van der Waals surface area (Å²) in [5, 5.41) is 9.28. The molecular formula is C12H20F3N5O. The summed E-state index contributed by atoms with van der Waals surface area (Å²) in [5.74, 6) is 0.555. The molecule has 0 saturated carbocycles. The summed E-state index contributed by atoms with van der Waals surface area (Å²) in [6.45, 7) is 1.41. The molecule has 0 spiro atoms. The molecule has 0 aliphatic carbocycles. The molecule has 2 amide bonds. The quantitative estimate of drug-likeness (QED) is 0.787. The molecule has 1 rings (SSSR count). The molecule has 0 aromatic carbocycles. The molecule has 0 aliphatic heterocycles. The van der Waals surface area contributed by atoms with E-state index in [9.17, 15) is 18.0 Å². The molecule has 0 bridgehead atoms. The Kier molecular flexibility index (Phi) is 6.01. The van der Waals surface area contributed by atoms with Crippen molar-refractivity contribution in [3.63, 3.8) is 0 Å². The van der Waals surface area contributed by atoms with Crippen molar-refractivity contribution >= 4 is 11.8 Å². The van der Waals surface area contributed by atoms with Gasteiger partial charge in [-0.25, -0.2) is 4.79 Å². The number of hydrogen-bond donors (Lipinski definition) is 2. The standard InChI is InChI=1S/C12H20F3N5O/c1-9-7-10(20(3)18-9)17-11(21)16-5-4-6-19(2)8-12(13,14)15/h7H,4-6,8H2,1-3H3,(H2,16,17,21). The first-order valence-corrected chi connectivity index (χ1v) is 6.48. The lowest BCUT2D eigenvalue weighted by molar-refractivity contribution is -0.143. The van der Waals surface area contributed by atoms with Crippen LogP contribution in [0.25, 0.3) is 0 Å². The SMILES string of the molecule is Cc1cc(NC(=O)NCCCN(C)CC(F)(F)F)n(C)n1. The van der Waals surface area contributed by atoms with Crippen LogP contribution in [0, 0.1) is 6.92 Å². The van der Waals surface area contributed by atoms with E-state index in [1.54, 1.807) is 20.0 Å². The maximum atomic E-state index is 12.1. The van der Waals surface area contributed by atoms with E-state index in [1.165, 1.54) is 16.6 Å². The summed E-state index contributed by atoms with van der Waals surface area (Å²) in [7, 11) is 3.10. The van der Waals surface area contributed by atoms with Crippen LogP contribution in [0.3, 0.4) is 0 Å². The first-order valence-electron chi connectivity index (χ1n) is 6.48. The summed E-state index contributed by atoms with van der Waals surface area (Å²) < 4.78 is 37.8. The number of aryl methyl sites for hydroxylation is 2. The van der Waals surface area contributed by atoms with E-state index in [4.69, 9.17) is 0 Å². The van der Waals surface area contributed by atoms with E-state index in [0.29, 0.717) is 18.8 Å². The number of rotatable bonds is 6. The number of nitrogens with one attached hydrogen (secondary N) is 2. The predicted octanol–water partition coefficient (Wildman–Crippen LogP) is 1.73. The number of amides is 2. The van der Waals surface area contributed by atoms with Gasteiger partial charge in [-0.2, -0.15) is 18.3 Å². The Balaban J connectivity index is 2.21. The minimum atomic E-state index is -4.20. The highest BCUT2D eigenvalue weighted by Gasteiger charge is 2.28. The molecule has 120 valence electrons. The molecule has 0 unspecified atom stereocenters. The monoisotopic (exact) mass is 307 g/mol. The molecule has 1 aromatic heterocycles. The van der Waals surface area contributed by atoms with Gasteiger partial charge in [-0.1, -0.05) is 0 Å². The maximum absolute atomic E-state index is 12.1. The highest BCUT2D eigenvalue weighted by molar-refractivity contribution is 5.88. The Labute approximate surface area is 121 Å². The smallest absolute Gasteiger partial charge is 0.338 e. The molecule has 2 N–H and O–H groups in total. The topological polar surface area (TPSA) is 62.2 Å². The van der Waals surface area contributed by atoms with Gasteiger partial charge in [0.1, 0.15) is 5.82 Å². The van der Waals surface area contributed by atoms with Gasteiger partial charge < -0.3 is 5.32 Å². The van der Waals surface area contributed by atoms with E-state index in [0.717, 1.165) is 5.69 Å². The number of carbonyl (C=O) groups is 1. The third kappa shape index (κ3) is 6.98. The molecule has 21 heavy (non-hydrogen) atoms. The highest BCUT2D eigenvalue weighted by atomic mass is 19.4. The minimum absolute atomic E-state index is 0.255. The van der Waals surface area contributed by atoms with Crippen LogP contribution < -0.4 is 10.6 Å². The van der Waals surface area contributed by atoms with E-state index >= 15 is 0 Å². The third-order valence-electron chi connectivity index (χ3n) is 2.69. The van der Waals surface area contributed by atoms with Gasteiger partial charge in [-0.3, -0.25) is 14.9 Å². The highest BCUT2D eigenvalue weighted by Crippen LogP contribution is 2.15. The van der Waals surface area contributed by atoms with Crippen molar-refractivity contribution in [3.8, 4) is 0 Å². The Morgan fingerprint density at radius 1 is 1.48 bits per heavy atom. The molecule has 9 heteroatoms. The van der Waals surface area contributed by atoms with Crippen LogP contribution in [-0.4, -0.2) is 53.6 Å². The maximum Gasteiger partial charge on any atom is 0.401 e. The van der Waals surface area contributed by atoms with E-state index in [2.05, 4.69) is 15.7 Å². The lowest BCUT2D eigenvalue weighted by atomic mass is 10.4. The Hall–Kier alpha value is -1.77. The lowest BCUT2D eigenvalue weighted by Gasteiger charge is -2.18. The largest absolute Gasteiger partial charge is 0.401 e. The van der Waals surface area contributed by atoms with Crippen molar-refractivity contribution in [2.75, 3.05) is 32.0 Å². The van der Waals surface area contributed by atoms with E-state index in [-0.39, 0.29) is 6.54 Å². The van der Waals surface area contributed by atoms with Crippen molar-refractivity contribution in [1.29, 1.82) is 0 Å². The fraction of sp³-hybridized carbons (Fsp3) is 0.667. The van der Waals surface area contributed by atoms with Gasteiger partial charge in [-0.15, -0.1) is 0 Å². The Morgan fingerprint density at radius 3 is 2.67 bits per heavy atom. The molecule has 6 nitrogen and oxygen atoms in total. The Morgan fingerprint density at radius 2 is 2.14 bits per heavy atom. The third-order valence-corrected chi connectivity index (χ3v) is 2.69. The summed E-state index contributed by atoms with van der Waals surface area (Å²) in [6, 6.07) is 1.31. The summed E-state index contributed by atoms with van der Waals surface area (Å²) >= 11 is 0. The number of carbonyl (C=O) groups excluding carboxylic acids is 1. The van der Waals surface area contributed by atoms with Gasteiger partial charge in [0.25, 0.3) is 0 Å². The van der Waals surface area contributed by atoms with Gasteiger partial charge in [-0.05, 0) is 26.9 Å². The van der Waals surface area contributed by atoms with Gasteiger partial charge in [0.05, 0.1) is 12.2 Å². The van der Waals surface area contributed by atoms with Gasteiger partial charge >= 0.3 is 12.2 Å². The molecule has 0 fully saturated rings. The van der Waals surface area contributed by atoms with Crippen LogP contribution in [0.5, 0.6) is 0 Å². The average molecular weight is 307 g/mol. The molecule has 0 aliphatic rings. The fourth-order valence-electron chi connectivity index (χ4n) is 1.82. The Bertz CT molecular complexity index is 472. The minimum Gasteiger partial charge on any atom is -0.338 e. The number of nitrogens with zero attached hydrogens (tertiary/aromatic N) is 3. The first kappa shape index (κ1) is 17.3. The van der Waals surface area contributed by atoms with Crippen molar-refractivity contribution in [2.24, 2.45) is 7.05 Å². The molecule has 1 aromatic rings. The van der Waals surface area contributed by atoms with E-state index < -0.39 is 18.8 Å². The average Bonchev–Trinajstić information content (AvgIpc) is 2.61. The molecule has 1 heterocycles. The molecule has 0 saturated heterocycles. The summed E-state index contributed by atoms with van der Waals surface area (Å²) in [6.07, 6.45) is -3.76. The summed E-state index contributed by atoms with van der Waals surface area (Å²) in [5.41, 5.74) is 0.779. The number of urea groups is 1. The normalized spacial score (nSPS) is 11.8. The van der Waals surface area contributed by atoms with Crippen LogP contribution in [-0.2, 0) is 7.05 Å². The van der Waals surface area contributed by atoms with Crippen molar-refractivity contribution in [1.82, 2.24) is 20.0 Å². The number of halogens is 3. The van der Waals surface area contributed by atoms with Gasteiger partial charge in [0.2, 0.25) is 0 Å². The summed E-state index contributed by atoms with van der Waals surface area (Å²) in [4.78, 5) is 12.8. The van der Waals surface area contributed by atoms with E-state index in [1.807, 2.05) is 0 Å². The van der Waals surface area contributed by atoms with Crippen LogP contribution in [0.2, 0.25) is 0 Å². The van der Waals surface area contributed by atoms with Crippen LogP contribution >= 0.6 is 0 Å².